The number of halogens is 1. The lowest BCUT2D eigenvalue weighted by Gasteiger charge is -2.22. The molecule has 1 aliphatic heterocycles. The summed E-state index contributed by atoms with van der Waals surface area (Å²) in [6, 6.07) is 1.89. The minimum atomic E-state index is 0.469. The Bertz CT molecular complexity index is 351. The number of thioether (sulfide) groups is 1. The standard InChI is InChI=1S/C11H16ClN3S/c12-10-9(8-13)2-3-14-11(10)15-4-1-6-16-7-5-15/h2-3H,1,4-8,13H2. The summed E-state index contributed by atoms with van der Waals surface area (Å²) in [5, 5.41) is 0.719. The first kappa shape index (κ1) is 12.0. The highest BCUT2D eigenvalue weighted by Gasteiger charge is 2.15. The molecule has 0 atom stereocenters. The molecule has 0 spiro atoms. The fourth-order valence-electron chi connectivity index (χ4n) is 1.81. The Morgan fingerprint density at radius 1 is 1.44 bits per heavy atom. The van der Waals surface area contributed by atoms with E-state index >= 15 is 0 Å². The molecule has 0 aliphatic carbocycles. The number of nitrogens with zero attached hydrogens (tertiary/aromatic N) is 2. The highest BCUT2D eigenvalue weighted by atomic mass is 35.5. The summed E-state index contributed by atoms with van der Waals surface area (Å²) in [5.74, 6) is 3.27. The van der Waals surface area contributed by atoms with E-state index in [1.807, 2.05) is 17.8 Å². The van der Waals surface area contributed by atoms with E-state index in [1.54, 1.807) is 6.20 Å². The minimum absolute atomic E-state index is 0.469. The van der Waals surface area contributed by atoms with Crippen LogP contribution in [0.2, 0.25) is 5.02 Å². The lowest BCUT2D eigenvalue weighted by atomic mass is 10.2. The third-order valence-electron chi connectivity index (χ3n) is 2.69. The number of rotatable bonds is 2. The maximum Gasteiger partial charge on any atom is 0.147 e. The Labute approximate surface area is 105 Å². The molecular weight excluding hydrogens is 242 g/mol. The van der Waals surface area contributed by atoms with Gasteiger partial charge in [-0.25, -0.2) is 4.98 Å². The van der Waals surface area contributed by atoms with Crippen molar-refractivity contribution < 1.29 is 0 Å². The van der Waals surface area contributed by atoms with Crippen LogP contribution in [0.1, 0.15) is 12.0 Å². The smallest absolute Gasteiger partial charge is 0.147 e. The summed E-state index contributed by atoms with van der Waals surface area (Å²) in [6.45, 7) is 2.52. The number of nitrogens with two attached hydrogens (primary N) is 1. The van der Waals surface area contributed by atoms with Crippen molar-refractivity contribution in [2.75, 3.05) is 29.5 Å². The summed E-state index contributed by atoms with van der Waals surface area (Å²) < 4.78 is 0. The van der Waals surface area contributed by atoms with Crippen LogP contribution in [-0.2, 0) is 6.54 Å². The normalized spacial score (nSPS) is 17.2. The fraction of sp³-hybridized carbons (Fsp3) is 0.545. The molecule has 16 heavy (non-hydrogen) atoms. The van der Waals surface area contributed by atoms with Gasteiger partial charge in [-0.1, -0.05) is 11.6 Å². The van der Waals surface area contributed by atoms with Crippen molar-refractivity contribution in [3.05, 3.63) is 22.8 Å². The van der Waals surface area contributed by atoms with Crippen LogP contribution >= 0.6 is 23.4 Å². The SMILES string of the molecule is NCc1ccnc(N2CCCSCC2)c1Cl. The summed E-state index contributed by atoms with van der Waals surface area (Å²) in [5.41, 5.74) is 6.62. The first-order valence-corrected chi connectivity index (χ1v) is 7.02. The van der Waals surface area contributed by atoms with Crippen LogP contribution in [0.15, 0.2) is 12.3 Å². The Kier molecular flexibility index (Phi) is 4.32. The number of aromatic nitrogens is 1. The van der Waals surface area contributed by atoms with Crippen LogP contribution in [0.25, 0.3) is 0 Å². The van der Waals surface area contributed by atoms with E-state index in [0.717, 1.165) is 35.2 Å². The molecule has 1 fully saturated rings. The molecule has 1 aromatic rings. The quantitative estimate of drug-likeness (QED) is 0.882. The first-order valence-electron chi connectivity index (χ1n) is 5.49. The van der Waals surface area contributed by atoms with Crippen molar-refractivity contribution in [3.63, 3.8) is 0 Å². The second kappa shape index (κ2) is 5.75. The van der Waals surface area contributed by atoms with Gasteiger partial charge in [-0.15, -0.1) is 0 Å². The van der Waals surface area contributed by atoms with Gasteiger partial charge in [-0.3, -0.25) is 0 Å². The van der Waals surface area contributed by atoms with Gasteiger partial charge in [0.05, 0.1) is 5.02 Å². The molecule has 0 saturated carbocycles. The number of pyridine rings is 1. The van der Waals surface area contributed by atoms with Crippen LogP contribution in [0.3, 0.4) is 0 Å². The summed E-state index contributed by atoms with van der Waals surface area (Å²) >= 11 is 8.30. The largest absolute Gasteiger partial charge is 0.355 e. The molecule has 0 amide bonds. The summed E-state index contributed by atoms with van der Waals surface area (Å²) in [6.07, 6.45) is 2.98. The third kappa shape index (κ3) is 2.62. The summed E-state index contributed by atoms with van der Waals surface area (Å²) in [4.78, 5) is 6.65. The van der Waals surface area contributed by atoms with Crippen LogP contribution in [0.4, 0.5) is 5.82 Å². The van der Waals surface area contributed by atoms with E-state index in [2.05, 4.69) is 9.88 Å². The molecule has 1 aromatic heterocycles. The number of hydrogen-bond acceptors (Lipinski definition) is 4. The second-order valence-electron chi connectivity index (χ2n) is 3.76. The molecule has 0 radical (unpaired) electrons. The van der Waals surface area contributed by atoms with Crippen LogP contribution in [-0.4, -0.2) is 29.6 Å². The first-order chi connectivity index (χ1) is 7.83. The number of hydrogen-bond donors (Lipinski definition) is 1. The Hall–Kier alpha value is -0.450. The molecular formula is C11H16ClN3S. The molecule has 88 valence electrons. The van der Waals surface area contributed by atoms with E-state index in [4.69, 9.17) is 17.3 Å². The van der Waals surface area contributed by atoms with Gasteiger partial charge in [-0.2, -0.15) is 11.8 Å². The molecule has 2 rings (SSSR count). The zero-order valence-electron chi connectivity index (χ0n) is 9.16. The van der Waals surface area contributed by atoms with Crippen molar-refractivity contribution in [2.45, 2.75) is 13.0 Å². The van der Waals surface area contributed by atoms with E-state index in [9.17, 15) is 0 Å². The highest BCUT2D eigenvalue weighted by Crippen LogP contribution is 2.28. The second-order valence-corrected chi connectivity index (χ2v) is 5.37. The lowest BCUT2D eigenvalue weighted by Crippen LogP contribution is -2.27. The zero-order chi connectivity index (χ0) is 11.4. The van der Waals surface area contributed by atoms with E-state index in [1.165, 1.54) is 12.2 Å². The van der Waals surface area contributed by atoms with Gasteiger partial charge in [0.15, 0.2) is 0 Å². The Morgan fingerprint density at radius 3 is 3.12 bits per heavy atom. The van der Waals surface area contributed by atoms with E-state index in [0.29, 0.717) is 6.54 Å². The highest BCUT2D eigenvalue weighted by molar-refractivity contribution is 7.99. The topological polar surface area (TPSA) is 42.1 Å². The van der Waals surface area contributed by atoms with Crippen molar-refractivity contribution in [1.29, 1.82) is 0 Å². The number of anilines is 1. The van der Waals surface area contributed by atoms with Gasteiger partial charge < -0.3 is 10.6 Å². The minimum Gasteiger partial charge on any atom is -0.355 e. The third-order valence-corrected chi connectivity index (χ3v) is 4.15. The van der Waals surface area contributed by atoms with Gasteiger partial charge in [0.2, 0.25) is 0 Å². The lowest BCUT2D eigenvalue weighted by molar-refractivity contribution is 0.799. The van der Waals surface area contributed by atoms with Gasteiger partial charge in [0.1, 0.15) is 5.82 Å². The average Bonchev–Trinajstić information content (AvgIpc) is 2.58. The molecule has 3 nitrogen and oxygen atoms in total. The van der Waals surface area contributed by atoms with Gasteiger partial charge in [-0.05, 0) is 23.8 Å². The maximum absolute atomic E-state index is 6.30. The van der Waals surface area contributed by atoms with Crippen LogP contribution in [0.5, 0.6) is 0 Å². The predicted octanol–water partition coefficient (Wildman–Crippen LogP) is 2.14. The monoisotopic (exact) mass is 257 g/mol. The van der Waals surface area contributed by atoms with E-state index in [-0.39, 0.29) is 0 Å². The molecule has 2 N–H and O–H groups in total. The predicted molar refractivity (Wildman–Crippen MR) is 71.3 cm³/mol. The summed E-state index contributed by atoms with van der Waals surface area (Å²) in [7, 11) is 0. The Balaban J connectivity index is 2.24. The molecule has 0 unspecified atom stereocenters. The van der Waals surface area contributed by atoms with Gasteiger partial charge in [0, 0.05) is 31.6 Å². The van der Waals surface area contributed by atoms with Crippen LogP contribution < -0.4 is 10.6 Å². The van der Waals surface area contributed by atoms with Crippen LogP contribution in [0, 0.1) is 0 Å². The molecule has 5 heteroatoms. The molecule has 0 bridgehead atoms. The van der Waals surface area contributed by atoms with Gasteiger partial charge in [0.25, 0.3) is 0 Å². The molecule has 2 heterocycles. The fourth-order valence-corrected chi connectivity index (χ4v) is 3.00. The Morgan fingerprint density at radius 2 is 2.31 bits per heavy atom. The molecule has 0 aromatic carbocycles. The zero-order valence-corrected chi connectivity index (χ0v) is 10.7. The molecule has 1 aliphatic rings. The van der Waals surface area contributed by atoms with Crippen molar-refractivity contribution in [3.8, 4) is 0 Å². The average molecular weight is 258 g/mol. The molecule has 1 saturated heterocycles. The van der Waals surface area contributed by atoms with Crippen molar-refractivity contribution >= 4 is 29.2 Å². The maximum atomic E-state index is 6.30. The van der Waals surface area contributed by atoms with Gasteiger partial charge >= 0.3 is 0 Å². The van der Waals surface area contributed by atoms with Crippen molar-refractivity contribution in [1.82, 2.24) is 4.98 Å². The van der Waals surface area contributed by atoms with Crippen molar-refractivity contribution in [2.24, 2.45) is 5.73 Å². The van der Waals surface area contributed by atoms with E-state index < -0.39 is 0 Å².